The van der Waals surface area contributed by atoms with Gasteiger partial charge in [0.15, 0.2) is 0 Å². The van der Waals surface area contributed by atoms with Crippen molar-refractivity contribution < 1.29 is 29.6 Å². The summed E-state index contributed by atoms with van der Waals surface area (Å²) >= 11 is 0. The Labute approximate surface area is 88.3 Å². The van der Waals surface area contributed by atoms with Crippen molar-refractivity contribution in [2.75, 3.05) is 0 Å². The fraction of sp³-hybridized carbons (Fsp3) is 0.250. The molecule has 0 unspecified atom stereocenters. The Hall–Kier alpha value is 0.650. The number of benzene rings is 1. The maximum Gasteiger partial charge on any atom is 1.00 e. The molecule has 0 heterocycles. The zero-order valence-corrected chi connectivity index (χ0v) is 9.75. The molecule has 0 aliphatic rings. The van der Waals surface area contributed by atoms with Crippen molar-refractivity contribution in [3.8, 4) is 0 Å². The van der Waals surface area contributed by atoms with Crippen LogP contribution in [-0.4, -0.2) is 0 Å². The summed E-state index contributed by atoms with van der Waals surface area (Å²) in [5.41, 5.74) is 1.38. The quantitative estimate of drug-likeness (QED) is 0.380. The van der Waals surface area contributed by atoms with Gasteiger partial charge in [-0.1, -0.05) is 31.2 Å². The molecule has 0 spiro atoms. The van der Waals surface area contributed by atoms with Crippen LogP contribution < -0.4 is 29.6 Å². The molecule has 2 heteroatoms. The molecule has 0 aliphatic heterocycles. The molecular weight excluding hydrogens is 150 g/mol. The predicted molar refractivity (Wildman–Crippen MR) is 44.4 cm³/mol. The van der Waals surface area contributed by atoms with Gasteiger partial charge in [-0.25, -0.2) is 0 Å². The molecule has 0 aromatic heterocycles. The maximum absolute atomic E-state index is 2.97. The van der Waals surface area contributed by atoms with E-state index in [1.807, 2.05) is 12.1 Å². The third-order valence-electron chi connectivity index (χ3n) is 1.20. The zero-order valence-electron chi connectivity index (χ0n) is 6.59. The Morgan fingerprint density at radius 3 is 2.10 bits per heavy atom. The van der Waals surface area contributed by atoms with E-state index in [1.165, 1.54) is 5.56 Å². The van der Waals surface area contributed by atoms with Crippen LogP contribution in [0.15, 0.2) is 24.3 Å². The smallest absolute Gasteiger partial charge is 0.577 e. The summed E-state index contributed by atoms with van der Waals surface area (Å²) in [5.74, 6) is 0. The van der Waals surface area contributed by atoms with Gasteiger partial charge in [-0.15, -0.1) is 0 Å². The summed E-state index contributed by atoms with van der Waals surface area (Å²) in [7, 11) is 0. The SMILES string of the molecule is CCc1cc[c]cc1.[Na+].[PH2-]. The van der Waals surface area contributed by atoms with E-state index in [4.69, 9.17) is 0 Å². The Bertz CT molecular complexity index is 151. The standard InChI is InChI=1S/C8H9.Na.H2P/c1-2-8-6-4-3-5-7-8;;/h4-7H,2H2,1H3;;1H2/q;+1;-1. The molecule has 10 heavy (non-hydrogen) atoms. The molecule has 0 amide bonds. The molecule has 0 fully saturated rings. The molecule has 0 aliphatic carbocycles. The van der Waals surface area contributed by atoms with E-state index < -0.39 is 0 Å². The number of rotatable bonds is 1. The molecule has 0 saturated heterocycles. The van der Waals surface area contributed by atoms with Crippen molar-refractivity contribution in [2.24, 2.45) is 0 Å². The van der Waals surface area contributed by atoms with Gasteiger partial charge >= 0.3 is 29.6 Å². The third-order valence-corrected chi connectivity index (χ3v) is 1.20. The summed E-state index contributed by atoms with van der Waals surface area (Å²) in [6.07, 6.45) is 1.12. The van der Waals surface area contributed by atoms with E-state index in [0.29, 0.717) is 0 Å². The number of hydrogen-bond acceptors (Lipinski definition) is 0. The zero-order chi connectivity index (χ0) is 5.82. The molecule has 0 N–H and O–H groups in total. The van der Waals surface area contributed by atoms with Gasteiger partial charge in [0.25, 0.3) is 0 Å². The minimum Gasteiger partial charge on any atom is -0.577 e. The van der Waals surface area contributed by atoms with E-state index in [-0.39, 0.29) is 39.5 Å². The molecule has 0 atom stereocenters. The monoisotopic (exact) mass is 161 g/mol. The number of hydrogen-bond donors (Lipinski definition) is 0. The third kappa shape index (κ3) is 4.46. The molecule has 1 aromatic carbocycles. The van der Waals surface area contributed by atoms with Crippen molar-refractivity contribution in [1.82, 2.24) is 0 Å². The molecule has 1 rings (SSSR count). The number of aryl methyl sites for hydroxylation is 1. The first-order valence-corrected chi connectivity index (χ1v) is 2.88. The van der Waals surface area contributed by atoms with Crippen LogP contribution >= 0.6 is 9.90 Å². The fourth-order valence-electron chi connectivity index (χ4n) is 0.657. The normalized spacial score (nSPS) is 7.30. The molecule has 0 saturated carbocycles. The predicted octanol–water partition coefficient (Wildman–Crippen LogP) is -0.621. The Balaban J connectivity index is 0. The summed E-state index contributed by atoms with van der Waals surface area (Å²) in [4.78, 5) is 0. The molecule has 0 bridgehead atoms. The van der Waals surface area contributed by atoms with E-state index in [9.17, 15) is 0 Å². The van der Waals surface area contributed by atoms with Crippen LogP contribution in [0.2, 0.25) is 0 Å². The topological polar surface area (TPSA) is 0 Å². The summed E-state index contributed by atoms with van der Waals surface area (Å²) < 4.78 is 0. The second kappa shape index (κ2) is 7.75. The van der Waals surface area contributed by atoms with Crippen LogP contribution in [0.1, 0.15) is 12.5 Å². The van der Waals surface area contributed by atoms with Gasteiger partial charge in [-0.3, -0.25) is 0 Å². The first kappa shape index (κ1) is 13.3. The van der Waals surface area contributed by atoms with Gasteiger partial charge in [-0.2, -0.15) is 0 Å². The summed E-state index contributed by atoms with van der Waals surface area (Å²) in [5, 5.41) is 0. The first-order chi connectivity index (χ1) is 3.93. The van der Waals surface area contributed by atoms with Crippen LogP contribution in [0.5, 0.6) is 0 Å². The van der Waals surface area contributed by atoms with E-state index in [1.54, 1.807) is 0 Å². The van der Waals surface area contributed by atoms with E-state index in [2.05, 4.69) is 25.1 Å². The van der Waals surface area contributed by atoms with Crippen LogP contribution in [0.3, 0.4) is 0 Å². The summed E-state index contributed by atoms with van der Waals surface area (Å²) in [6, 6.07) is 11.0. The van der Waals surface area contributed by atoms with Gasteiger partial charge in [0, 0.05) is 0 Å². The van der Waals surface area contributed by atoms with Crippen molar-refractivity contribution in [2.45, 2.75) is 13.3 Å². The largest absolute Gasteiger partial charge is 1.00 e. The van der Waals surface area contributed by atoms with Gasteiger partial charge < -0.3 is 9.90 Å². The van der Waals surface area contributed by atoms with Crippen molar-refractivity contribution >= 4 is 9.90 Å². The molecule has 0 nitrogen and oxygen atoms in total. The Morgan fingerprint density at radius 1 is 1.30 bits per heavy atom. The Kier molecular flexibility index (Phi) is 10.3. The van der Waals surface area contributed by atoms with Crippen molar-refractivity contribution in [3.05, 3.63) is 35.9 Å². The second-order valence-corrected chi connectivity index (χ2v) is 1.76. The van der Waals surface area contributed by atoms with E-state index in [0.717, 1.165) is 6.42 Å². The molecule has 49 valence electrons. The van der Waals surface area contributed by atoms with E-state index >= 15 is 0 Å². The summed E-state index contributed by atoms with van der Waals surface area (Å²) in [6.45, 7) is 2.15. The minimum absolute atomic E-state index is 0. The van der Waals surface area contributed by atoms with Crippen LogP contribution in [0.4, 0.5) is 0 Å². The molecular formula is C8H11NaP. The van der Waals surface area contributed by atoms with Crippen LogP contribution in [0, 0.1) is 6.07 Å². The van der Waals surface area contributed by atoms with Crippen molar-refractivity contribution in [1.29, 1.82) is 0 Å². The van der Waals surface area contributed by atoms with Gasteiger partial charge in [-0.05, 0) is 18.1 Å². The second-order valence-electron chi connectivity index (χ2n) is 1.76. The molecule has 1 radical (unpaired) electrons. The van der Waals surface area contributed by atoms with Crippen molar-refractivity contribution in [3.63, 3.8) is 0 Å². The first-order valence-electron chi connectivity index (χ1n) is 2.88. The molecule has 1 aromatic rings. The average molecular weight is 161 g/mol. The van der Waals surface area contributed by atoms with Gasteiger partial charge in [0.1, 0.15) is 0 Å². The van der Waals surface area contributed by atoms with Gasteiger partial charge in [0.2, 0.25) is 0 Å². The van der Waals surface area contributed by atoms with Gasteiger partial charge in [0.05, 0.1) is 0 Å². The van der Waals surface area contributed by atoms with Crippen LogP contribution in [-0.2, 0) is 6.42 Å². The maximum atomic E-state index is 2.97. The van der Waals surface area contributed by atoms with Crippen LogP contribution in [0.25, 0.3) is 0 Å². The minimum atomic E-state index is 0. The fourth-order valence-corrected chi connectivity index (χ4v) is 0.657. The average Bonchev–Trinajstić information content (AvgIpc) is 1.90. The Morgan fingerprint density at radius 2 is 1.80 bits per heavy atom.